The lowest BCUT2D eigenvalue weighted by Crippen LogP contribution is -2.37. The van der Waals surface area contributed by atoms with Crippen LogP contribution in [0.25, 0.3) is 0 Å². The third-order valence-electron chi connectivity index (χ3n) is 4.65. The van der Waals surface area contributed by atoms with Crippen LogP contribution in [-0.2, 0) is 25.8 Å². The summed E-state index contributed by atoms with van der Waals surface area (Å²) in [5, 5.41) is 11.4. The van der Waals surface area contributed by atoms with Gasteiger partial charge in [0.15, 0.2) is 6.61 Å². The van der Waals surface area contributed by atoms with Crippen LogP contribution in [0.4, 0.5) is 18.9 Å². The molecule has 0 atom stereocenters. The summed E-state index contributed by atoms with van der Waals surface area (Å²) in [7, 11) is -4.11. The van der Waals surface area contributed by atoms with E-state index in [4.69, 9.17) is 10.1 Å². The Morgan fingerprint density at radius 2 is 1.94 bits per heavy atom. The Balaban J connectivity index is 1.52. The number of hydrogen-bond acceptors (Lipinski definition) is 6. The summed E-state index contributed by atoms with van der Waals surface area (Å²) in [5.74, 6) is -0.470. The number of carbonyl (C=O) groups is 1. The van der Waals surface area contributed by atoms with E-state index < -0.39 is 32.6 Å². The molecular formula is C21H19F3N4O4S. The van der Waals surface area contributed by atoms with E-state index in [1.807, 2.05) is 6.07 Å². The molecule has 0 saturated carbocycles. The number of nitriles is 1. The first-order valence-electron chi connectivity index (χ1n) is 9.64. The number of amides is 1. The molecule has 33 heavy (non-hydrogen) atoms. The van der Waals surface area contributed by atoms with Gasteiger partial charge in [-0.3, -0.25) is 15.1 Å². The molecule has 0 bridgehead atoms. The van der Waals surface area contributed by atoms with E-state index in [1.165, 1.54) is 12.1 Å². The number of benzene rings is 2. The van der Waals surface area contributed by atoms with Crippen molar-refractivity contribution in [1.82, 2.24) is 9.79 Å². The number of halogens is 3. The minimum absolute atomic E-state index is 0.0217. The molecule has 2 N–H and O–H groups in total. The average molecular weight is 480 g/mol. The number of sulfonamides is 1. The maximum atomic E-state index is 12.9. The van der Waals surface area contributed by atoms with Gasteiger partial charge in [-0.25, -0.2) is 8.42 Å². The number of carbonyl (C=O) groups excluding carboxylic acids is 1. The number of hydroxylamine groups is 1. The van der Waals surface area contributed by atoms with E-state index >= 15 is 0 Å². The number of anilines is 1. The van der Waals surface area contributed by atoms with Gasteiger partial charge < -0.3 is 5.32 Å². The second kappa shape index (κ2) is 10.0. The van der Waals surface area contributed by atoms with Crippen molar-refractivity contribution in [1.29, 1.82) is 5.26 Å². The first kappa shape index (κ1) is 24.2. The van der Waals surface area contributed by atoms with Gasteiger partial charge in [-0.15, -0.1) is 0 Å². The van der Waals surface area contributed by atoms with Gasteiger partial charge in [-0.2, -0.15) is 22.7 Å². The maximum absolute atomic E-state index is 12.9. The smallest absolute Gasteiger partial charge is 0.324 e. The highest BCUT2D eigenvalue weighted by atomic mass is 32.2. The minimum Gasteiger partial charge on any atom is -0.324 e. The molecule has 2 aromatic rings. The lowest BCUT2D eigenvalue weighted by molar-refractivity contribution is -0.137. The highest BCUT2D eigenvalue weighted by molar-refractivity contribution is 7.89. The average Bonchev–Trinajstić information content (AvgIpc) is 2.79. The van der Waals surface area contributed by atoms with Crippen LogP contribution >= 0.6 is 0 Å². The van der Waals surface area contributed by atoms with E-state index in [0.717, 1.165) is 22.5 Å². The van der Waals surface area contributed by atoms with Crippen molar-refractivity contribution in [3.05, 3.63) is 71.4 Å². The monoisotopic (exact) mass is 480 g/mol. The molecule has 1 aliphatic rings. The Hall–Kier alpha value is -3.40. The fourth-order valence-corrected chi connectivity index (χ4v) is 4.43. The molecule has 12 heteroatoms. The van der Waals surface area contributed by atoms with Gasteiger partial charge >= 0.3 is 6.18 Å². The van der Waals surface area contributed by atoms with E-state index in [1.54, 1.807) is 18.2 Å². The van der Waals surface area contributed by atoms with Crippen molar-refractivity contribution in [3.63, 3.8) is 0 Å². The normalized spacial score (nSPS) is 14.8. The maximum Gasteiger partial charge on any atom is 0.416 e. The fourth-order valence-electron chi connectivity index (χ4n) is 3.00. The number of nitrogens with one attached hydrogen (secondary N) is 2. The summed E-state index contributed by atoms with van der Waals surface area (Å²) >= 11 is 0. The number of rotatable bonds is 7. The molecule has 0 saturated heterocycles. The van der Waals surface area contributed by atoms with E-state index in [-0.39, 0.29) is 26.1 Å². The Morgan fingerprint density at radius 3 is 2.61 bits per heavy atom. The molecule has 0 radical (unpaired) electrons. The summed E-state index contributed by atoms with van der Waals surface area (Å²) in [6.45, 7) is -0.397. The van der Waals surface area contributed by atoms with Crippen LogP contribution in [-0.4, -0.2) is 38.3 Å². The molecular weight excluding hydrogens is 461 g/mol. The lowest BCUT2D eigenvalue weighted by atomic mass is 10.2. The van der Waals surface area contributed by atoms with Crippen LogP contribution in [0.15, 0.2) is 65.2 Å². The second-order valence-corrected chi connectivity index (χ2v) is 8.94. The van der Waals surface area contributed by atoms with Crippen LogP contribution in [0, 0.1) is 11.3 Å². The highest BCUT2D eigenvalue weighted by Gasteiger charge is 2.33. The predicted octanol–water partition coefficient (Wildman–Crippen LogP) is 3.02. The molecule has 2 aromatic carbocycles. The first-order valence-corrected chi connectivity index (χ1v) is 11.1. The predicted molar refractivity (Wildman–Crippen MR) is 112 cm³/mol. The van der Waals surface area contributed by atoms with Crippen LogP contribution in [0.5, 0.6) is 0 Å². The Bertz CT molecular complexity index is 1210. The highest BCUT2D eigenvalue weighted by Crippen LogP contribution is 2.31. The second-order valence-electron chi connectivity index (χ2n) is 7.00. The van der Waals surface area contributed by atoms with Gasteiger partial charge in [-0.1, -0.05) is 12.1 Å². The third-order valence-corrected chi connectivity index (χ3v) is 6.51. The van der Waals surface area contributed by atoms with Crippen molar-refractivity contribution < 1.29 is 31.2 Å². The van der Waals surface area contributed by atoms with E-state index in [0.29, 0.717) is 23.0 Å². The SMILES string of the molecule is N#Cc1cccc(NC(=O)CONC2=CCN(S(=O)(=O)c3cccc(C(F)(F)F)c3)CC2)c1. The molecule has 0 spiro atoms. The van der Waals surface area contributed by atoms with Crippen LogP contribution in [0.1, 0.15) is 17.5 Å². The molecule has 0 aliphatic carbocycles. The summed E-state index contributed by atoms with van der Waals surface area (Å²) in [6, 6.07) is 11.9. The van der Waals surface area contributed by atoms with Crippen molar-refractivity contribution in [2.24, 2.45) is 0 Å². The van der Waals surface area contributed by atoms with Crippen molar-refractivity contribution in [2.45, 2.75) is 17.5 Å². The fraction of sp³-hybridized carbons (Fsp3) is 0.238. The zero-order valence-corrected chi connectivity index (χ0v) is 17.9. The van der Waals surface area contributed by atoms with Gasteiger partial charge in [0, 0.05) is 30.9 Å². The summed E-state index contributed by atoms with van der Waals surface area (Å²) in [5.41, 5.74) is 2.91. The van der Waals surface area contributed by atoms with Crippen LogP contribution in [0.2, 0.25) is 0 Å². The van der Waals surface area contributed by atoms with Gasteiger partial charge in [0.2, 0.25) is 10.0 Å². The van der Waals surface area contributed by atoms with E-state index in [2.05, 4.69) is 10.8 Å². The topological polar surface area (TPSA) is 112 Å². The van der Waals surface area contributed by atoms with Crippen LogP contribution < -0.4 is 10.8 Å². The summed E-state index contributed by atoms with van der Waals surface area (Å²) in [4.78, 5) is 16.6. The molecule has 1 heterocycles. The zero-order chi connectivity index (χ0) is 24.1. The molecule has 1 aliphatic heterocycles. The number of alkyl halides is 3. The zero-order valence-electron chi connectivity index (χ0n) is 17.1. The van der Waals surface area contributed by atoms with Gasteiger partial charge in [0.25, 0.3) is 5.91 Å². The van der Waals surface area contributed by atoms with Crippen molar-refractivity contribution >= 4 is 21.6 Å². The van der Waals surface area contributed by atoms with Crippen molar-refractivity contribution in [2.75, 3.05) is 25.0 Å². The van der Waals surface area contributed by atoms with Gasteiger partial charge in [-0.05, 0) is 42.5 Å². The summed E-state index contributed by atoms with van der Waals surface area (Å²) in [6.07, 6.45) is -2.92. The quantitative estimate of drug-likeness (QED) is 0.590. The van der Waals surface area contributed by atoms with E-state index in [9.17, 15) is 26.4 Å². The molecule has 3 rings (SSSR count). The molecule has 8 nitrogen and oxygen atoms in total. The Kier molecular flexibility index (Phi) is 7.37. The molecule has 1 amide bonds. The lowest BCUT2D eigenvalue weighted by Gasteiger charge is -2.26. The van der Waals surface area contributed by atoms with Gasteiger partial charge in [0.05, 0.1) is 22.1 Å². The Morgan fingerprint density at radius 1 is 1.18 bits per heavy atom. The molecule has 0 unspecified atom stereocenters. The first-order chi connectivity index (χ1) is 15.6. The standard InChI is InChI=1S/C21H19F3N4O4S/c22-21(23,24)16-4-2-6-19(12-16)33(30,31)28-9-7-17(8-10-28)27-32-14-20(29)26-18-5-1-3-15(11-18)13-25/h1-7,11-12,27H,8-10,14H2,(H,26,29). The third kappa shape index (κ3) is 6.32. The molecule has 174 valence electrons. The number of nitrogens with zero attached hydrogens (tertiary/aromatic N) is 2. The van der Waals surface area contributed by atoms with Crippen molar-refractivity contribution in [3.8, 4) is 6.07 Å². The molecule has 0 fully saturated rings. The minimum atomic E-state index is -4.65. The Labute approximate surface area is 188 Å². The van der Waals surface area contributed by atoms with Gasteiger partial charge in [0.1, 0.15) is 0 Å². The molecule has 0 aromatic heterocycles. The summed E-state index contributed by atoms with van der Waals surface area (Å²) < 4.78 is 65.2. The van der Waals surface area contributed by atoms with Crippen LogP contribution in [0.3, 0.4) is 0 Å². The number of hydrogen-bond donors (Lipinski definition) is 2. The largest absolute Gasteiger partial charge is 0.416 e.